The zero-order valence-corrected chi connectivity index (χ0v) is 10.6. The Balaban J connectivity index is 1.85. The standard InChI is InChI=1S/C13H19NOS/c1-2-16-13-5-3-4-12(8-13)14-9-11-6-7-15-10-11/h3-5,8,11,14H,2,6-7,9-10H2,1H3. The maximum absolute atomic E-state index is 5.36. The van der Waals surface area contributed by atoms with Gasteiger partial charge < -0.3 is 10.1 Å². The van der Waals surface area contributed by atoms with Gasteiger partial charge in [0.15, 0.2) is 0 Å². The number of hydrogen-bond acceptors (Lipinski definition) is 3. The van der Waals surface area contributed by atoms with Crippen LogP contribution < -0.4 is 5.32 Å². The minimum absolute atomic E-state index is 0.683. The van der Waals surface area contributed by atoms with E-state index in [0.29, 0.717) is 5.92 Å². The summed E-state index contributed by atoms with van der Waals surface area (Å²) in [6, 6.07) is 8.64. The fourth-order valence-corrected chi connectivity index (χ4v) is 2.59. The molecule has 0 aromatic heterocycles. The highest BCUT2D eigenvalue weighted by Crippen LogP contribution is 2.22. The Morgan fingerprint density at radius 3 is 3.19 bits per heavy atom. The molecule has 1 aromatic rings. The summed E-state index contributed by atoms with van der Waals surface area (Å²) in [4.78, 5) is 1.34. The first-order chi connectivity index (χ1) is 7.88. The second-order valence-corrected chi connectivity index (χ2v) is 5.41. The molecule has 16 heavy (non-hydrogen) atoms. The van der Waals surface area contributed by atoms with E-state index in [4.69, 9.17) is 4.74 Å². The molecule has 1 unspecified atom stereocenters. The first-order valence-electron chi connectivity index (χ1n) is 5.93. The molecule has 0 aliphatic carbocycles. The maximum atomic E-state index is 5.36. The van der Waals surface area contributed by atoms with Gasteiger partial charge in [-0.1, -0.05) is 13.0 Å². The molecule has 2 nitrogen and oxygen atoms in total. The van der Waals surface area contributed by atoms with Gasteiger partial charge in [0.25, 0.3) is 0 Å². The molecule has 0 saturated carbocycles. The Kier molecular flexibility index (Phi) is 4.55. The van der Waals surface area contributed by atoms with E-state index in [9.17, 15) is 0 Å². The zero-order chi connectivity index (χ0) is 11.2. The van der Waals surface area contributed by atoms with E-state index < -0.39 is 0 Å². The quantitative estimate of drug-likeness (QED) is 0.794. The molecule has 1 atom stereocenters. The van der Waals surface area contributed by atoms with Gasteiger partial charge in [-0.3, -0.25) is 0 Å². The number of nitrogens with one attached hydrogen (secondary N) is 1. The monoisotopic (exact) mass is 237 g/mol. The Morgan fingerprint density at radius 2 is 2.44 bits per heavy atom. The summed E-state index contributed by atoms with van der Waals surface area (Å²) in [5.74, 6) is 1.81. The predicted octanol–water partition coefficient (Wildman–Crippen LogP) is 3.25. The predicted molar refractivity (Wildman–Crippen MR) is 70.3 cm³/mol. The summed E-state index contributed by atoms with van der Waals surface area (Å²) in [5.41, 5.74) is 1.23. The van der Waals surface area contributed by atoms with Crippen LogP contribution in [0.1, 0.15) is 13.3 Å². The van der Waals surface area contributed by atoms with Gasteiger partial charge in [0.05, 0.1) is 6.61 Å². The second-order valence-electron chi connectivity index (χ2n) is 4.07. The molecule has 0 spiro atoms. The van der Waals surface area contributed by atoms with Crippen LogP contribution in [0.3, 0.4) is 0 Å². The van der Waals surface area contributed by atoms with Crippen LogP contribution in [0.5, 0.6) is 0 Å². The smallest absolute Gasteiger partial charge is 0.0511 e. The Hall–Kier alpha value is -0.670. The summed E-state index contributed by atoms with van der Waals surface area (Å²) in [5, 5.41) is 3.49. The lowest BCUT2D eigenvalue weighted by Gasteiger charge is -2.11. The fourth-order valence-electron chi connectivity index (χ4n) is 1.87. The van der Waals surface area contributed by atoms with Crippen molar-refractivity contribution >= 4 is 17.4 Å². The first kappa shape index (κ1) is 11.8. The number of benzene rings is 1. The Labute approximate surface area is 102 Å². The average Bonchev–Trinajstić information content (AvgIpc) is 2.80. The van der Waals surface area contributed by atoms with E-state index in [2.05, 4.69) is 36.5 Å². The van der Waals surface area contributed by atoms with Gasteiger partial charge in [-0.15, -0.1) is 11.8 Å². The number of rotatable bonds is 5. The van der Waals surface area contributed by atoms with Crippen LogP contribution in [0, 0.1) is 5.92 Å². The van der Waals surface area contributed by atoms with E-state index in [0.717, 1.165) is 25.5 Å². The lowest BCUT2D eigenvalue weighted by atomic mass is 10.1. The number of thioether (sulfide) groups is 1. The molecule has 1 aromatic carbocycles. The SMILES string of the molecule is CCSc1cccc(NCC2CCOC2)c1. The number of ether oxygens (including phenoxy) is 1. The first-order valence-corrected chi connectivity index (χ1v) is 6.91. The van der Waals surface area contributed by atoms with Crippen molar-refractivity contribution in [2.45, 2.75) is 18.2 Å². The van der Waals surface area contributed by atoms with Crippen molar-refractivity contribution in [2.75, 3.05) is 30.8 Å². The van der Waals surface area contributed by atoms with Gasteiger partial charge in [-0.2, -0.15) is 0 Å². The molecule has 3 heteroatoms. The van der Waals surface area contributed by atoms with Crippen molar-refractivity contribution in [3.63, 3.8) is 0 Å². The zero-order valence-electron chi connectivity index (χ0n) is 9.74. The minimum Gasteiger partial charge on any atom is -0.385 e. The third-order valence-electron chi connectivity index (χ3n) is 2.76. The van der Waals surface area contributed by atoms with E-state index in [1.165, 1.54) is 17.0 Å². The van der Waals surface area contributed by atoms with Crippen molar-refractivity contribution < 1.29 is 4.74 Å². The highest BCUT2D eigenvalue weighted by molar-refractivity contribution is 7.99. The van der Waals surface area contributed by atoms with Crippen LogP contribution in [0.4, 0.5) is 5.69 Å². The molecule has 1 aliphatic rings. The van der Waals surface area contributed by atoms with Crippen LogP contribution in [0.2, 0.25) is 0 Å². The fraction of sp³-hybridized carbons (Fsp3) is 0.538. The maximum Gasteiger partial charge on any atom is 0.0511 e. The highest BCUT2D eigenvalue weighted by atomic mass is 32.2. The molecule has 0 amide bonds. The van der Waals surface area contributed by atoms with Crippen molar-refractivity contribution in [1.82, 2.24) is 0 Å². The Morgan fingerprint density at radius 1 is 1.50 bits per heavy atom. The van der Waals surface area contributed by atoms with Gasteiger partial charge in [0, 0.05) is 29.7 Å². The van der Waals surface area contributed by atoms with Gasteiger partial charge in [-0.05, 0) is 30.4 Å². The summed E-state index contributed by atoms with van der Waals surface area (Å²) in [6.07, 6.45) is 1.19. The molecule has 88 valence electrons. The van der Waals surface area contributed by atoms with E-state index in [1.54, 1.807) is 0 Å². The van der Waals surface area contributed by atoms with Gasteiger partial charge in [0.1, 0.15) is 0 Å². The van der Waals surface area contributed by atoms with Gasteiger partial charge in [0.2, 0.25) is 0 Å². The van der Waals surface area contributed by atoms with Crippen molar-refractivity contribution in [3.05, 3.63) is 24.3 Å². The van der Waals surface area contributed by atoms with Crippen LogP contribution >= 0.6 is 11.8 Å². The van der Waals surface area contributed by atoms with Crippen molar-refractivity contribution in [3.8, 4) is 0 Å². The lowest BCUT2D eigenvalue weighted by molar-refractivity contribution is 0.187. The summed E-state index contributed by atoms with van der Waals surface area (Å²) < 4.78 is 5.36. The second kappa shape index (κ2) is 6.16. The molecule has 2 rings (SSSR count). The van der Waals surface area contributed by atoms with E-state index in [1.807, 2.05) is 11.8 Å². The van der Waals surface area contributed by atoms with E-state index in [-0.39, 0.29) is 0 Å². The molecule has 1 aliphatic heterocycles. The van der Waals surface area contributed by atoms with Gasteiger partial charge in [-0.25, -0.2) is 0 Å². The summed E-state index contributed by atoms with van der Waals surface area (Å²) >= 11 is 1.88. The van der Waals surface area contributed by atoms with Crippen LogP contribution in [-0.4, -0.2) is 25.5 Å². The van der Waals surface area contributed by atoms with Crippen molar-refractivity contribution in [2.24, 2.45) is 5.92 Å². The molecule has 1 heterocycles. The molecule has 0 radical (unpaired) electrons. The molecule has 1 saturated heterocycles. The Bertz CT molecular complexity index is 323. The minimum atomic E-state index is 0.683. The molecular weight excluding hydrogens is 218 g/mol. The summed E-state index contributed by atoms with van der Waals surface area (Å²) in [7, 11) is 0. The van der Waals surface area contributed by atoms with Crippen LogP contribution in [0.15, 0.2) is 29.2 Å². The lowest BCUT2D eigenvalue weighted by Crippen LogP contribution is -2.13. The van der Waals surface area contributed by atoms with Crippen LogP contribution in [0.25, 0.3) is 0 Å². The van der Waals surface area contributed by atoms with Gasteiger partial charge >= 0.3 is 0 Å². The van der Waals surface area contributed by atoms with Crippen LogP contribution in [-0.2, 0) is 4.74 Å². The summed E-state index contributed by atoms with van der Waals surface area (Å²) in [6.45, 7) is 5.05. The molecule has 1 fully saturated rings. The normalized spacial score (nSPS) is 19.9. The molecule has 0 bridgehead atoms. The topological polar surface area (TPSA) is 21.3 Å². The number of hydrogen-bond donors (Lipinski definition) is 1. The third kappa shape index (κ3) is 3.42. The number of anilines is 1. The average molecular weight is 237 g/mol. The highest BCUT2D eigenvalue weighted by Gasteiger charge is 2.14. The van der Waals surface area contributed by atoms with Crippen molar-refractivity contribution in [1.29, 1.82) is 0 Å². The van der Waals surface area contributed by atoms with E-state index >= 15 is 0 Å². The molecular formula is C13H19NOS. The molecule has 1 N–H and O–H groups in total. The largest absolute Gasteiger partial charge is 0.385 e. The third-order valence-corrected chi connectivity index (χ3v) is 3.64.